The lowest BCUT2D eigenvalue weighted by molar-refractivity contribution is -0.138. The van der Waals surface area contributed by atoms with Crippen LogP contribution >= 0.6 is 0 Å². The van der Waals surface area contributed by atoms with Gasteiger partial charge in [-0.2, -0.15) is 26.3 Å². The van der Waals surface area contributed by atoms with Crippen LogP contribution in [0.15, 0.2) is 97.1 Å². The summed E-state index contributed by atoms with van der Waals surface area (Å²) in [5.74, 6) is -0.452. The van der Waals surface area contributed by atoms with Crippen molar-refractivity contribution in [2.75, 3.05) is 20.2 Å². The molecule has 4 aromatic rings. The molecule has 2 saturated heterocycles. The first-order chi connectivity index (χ1) is 29.0. The number of halogens is 6. The van der Waals surface area contributed by atoms with Crippen LogP contribution in [-0.2, 0) is 50.8 Å². The Morgan fingerprint density at radius 2 is 0.984 bits per heavy atom. The minimum atomic E-state index is -4.36. The first-order valence-electron chi connectivity index (χ1n) is 20.7. The van der Waals surface area contributed by atoms with Crippen molar-refractivity contribution in [2.45, 2.75) is 107 Å². The summed E-state index contributed by atoms with van der Waals surface area (Å²) in [5.41, 5.74) is 3.27. The highest BCUT2D eigenvalue weighted by atomic mass is 19.4. The van der Waals surface area contributed by atoms with Gasteiger partial charge in [0.05, 0.1) is 47.0 Å². The van der Waals surface area contributed by atoms with Gasteiger partial charge < -0.3 is 15.4 Å². The summed E-state index contributed by atoms with van der Waals surface area (Å²) in [7, 11) is 1.33. The molecule has 2 aliphatic carbocycles. The number of rotatable bonds is 11. The number of alkyl halides is 6. The summed E-state index contributed by atoms with van der Waals surface area (Å²) in [6.07, 6.45) is -1.91. The molecule has 0 radical (unpaired) electrons. The lowest BCUT2D eigenvalue weighted by Crippen LogP contribution is -2.46. The smallest absolute Gasteiger partial charge is 0.416 e. The standard InChI is InChI=1S/C24H25F3N2O3.C23H25F3N2O/c1-32-22(31)17-6-10-18(11-7-17)23(12-13-23)28-21(30)20-3-2-14-29(20)15-16-4-8-19(9-5-16)24(25,26)27;1-16-4-8-18(9-5-16)22(12-13-22)27-21(29)20-3-2-14-28(20)15-17-6-10-19(11-7-17)23(24,25)26/h4-11,20H,2-3,12-15H2,1H3,(H,28,30);4-11,20H,2-3,12-15H2,1H3,(H,27,29)/t2*20-/m11/s1. The van der Waals surface area contributed by atoms with E-state index in [0.29, 0.717) is 25.1 Å². The second-order valence-corrected chi connectivity index (χ2v) is 16.7. The zero-order chi connectivity index (χ0) is 43.6. The minimum Gasteiger partial charge on any atom is -0.465 e. The molecule has 61 heavy (non-hydrogen) atoms. The summed E-state index contributed by atoms with van der Waals surface area (Å²) in [5, 5.41) is 6.45. The summed E-state index contributed by atoms with van der Waals surface area (Å²) < 4.78 is 81.4. The van der Waals surface area contributed by atoms with E-state index in [1.54, 1.807) is 12.1 Å². The van der Waals surface area contributed by atoms with Crippen molar-refractivity contribution in [2.24, 2.45) is 0 Å². The second-order valence-electron chi connectivity index (χ2n) is 16.7. The normalized spacial score (nSPS) is 20.6. The molecule has 324 valence electrons. The van der Waals surface area contributed by atoms with Crippen LogP contribution in [0.25, 0.3) is 0 Å². The topological polar surface area (TPSA) is 91.0 Å². The third-order valence-electron chi connectivity index (χ3n) is 12.4. The number of nitrogens with zero attached hydrogens (tertiary/aromatic N) is 2. The first kappa shape index (κ1) is 43.9. The maximum Gasteiger partial charge on any atom is 0.416 e. The van der Waals surface area contributed by atoms with Gasteiger partial charge in [0.2, 0.25) is 11.8 Å². The molecule has 4 aromatic carbocycles. The highest BCUT2D eigenvalue weighted by Gasteiger charge is 2.48. The summed E-state index contributed by atoms with van der Waals surface area (Å²) in [4.78, 5) is 41.9. The Morgan fingerprint density at radius 1 is 0.607 bits per heavy atom. The first-order valence-corrected chi connectivity index (χ1v) is 20.7. The highest BCUT2D eigenvalue weighted by Crippen LogP contribution is 2.47. The predicted molar refractivity (Wildman–Crippen MR) is 217 cm³/mol. The van der Waals surface area contributed by atoms with Gasteiger partial charge in [-0.15, -0.1) is 0 Å². The third kappa shape index (κ3) is 10.5. The van der Waals surface area contributed by atoms with E-state index >= 15 is 0 Å². The van der Waals surface area contributed by atoms with Crippen LogP contribution in [-0.4, -0.2) is 59.9 Å². The Bertz CT molecular complexity index is 2170. The van der Waals surface area contributed by atoms with E-state index in [-0.39, 0.29) is 29.4 Å². The number of carbonyl (C=O) groups excluding carboxylic acids is 3. The number of nitrogens with one attached hydrogen (secondary N) is 2. The van der Waals surface area contributed by atoms with E-state index < -0.39 is 35.0 Å². The molecule has 8 rings (SSSR count). The predicted octanol–water partition coefficient (Wildman–Crippen LogP) is 9.05. The Kier molecular flexibility index (Phi) is 12.7. The van der Waals surface area contributed by atoms with Gasteiger partial charge in [-0.25, -0.2) is 4.79 Å². The molecule has 14 heteroatoms. The summed E-state index contributed by atoms with van der Waals surface area (Å²) in [6.45, 7) is 4.45. The quantitative estimate of drug-likeness (QED) is 0.116. The molecule has 0 bridgehead atoms. The Hall–Kier alpha value is -5.21. The molecule has 2 saturated carbocycles. The fraction of sp³-hybridized carbons (Fsp3) is 0.426. The van der Waals surface area contributed by atoms with E-state index in [4.69, 9.17) is 4.74 Å². The molecule has 4 fully saturated rings. The van der Waals surface area contributed by atoms with Crippen LogP contribution in [0.4, 0.5) is 26.3 Å². The molecule has 2 amide bonds. The zero-order valence-corrected chi connectivity index (χ0v) is 34.2. The van der Waals surface area contributed by atoms with Gasteiger partial charge in [-0.3, -0.25) is 19.4 Å². The van der Waals surface area contributed by atoms with E-state index in [2.05, 4.69) is 39.8 Å². The van der Waals surface area contributed by atoms with Crippen molar-refractivity contribution in [1.82, 2.24) is 20.4 Å². The van der Waals surface area contributed by atoms with Crippen LogP contribution < -0.4 is 10.6 Å². The maximum atomic E-state index is 13.1. The molecule has 0 aromatic heterocycles. The van der Waals surface area contributed by atoms with Gasteiger partial charge in [0.1, 0.15) is 0 Å². The summed E-state index contributed by atoms with van der Waals surface area (Å²) in [6, 6.07) is 25.1. The maximum absolute atomic E-state index is 13.1. The van der Waals surface area contributed by atoms with E-state index in [1.807, 2.05) is 24.0 Å². The van der Waals surface area contributed by atoms with Crippen molar-refractivity contribution in [3.8, 4) is 0 Å². The number of carbonyl (C=O) groups is 3. The van der Waals surface area contributed by atoms with Crippen LogP contribution in [0.3, 0.4) is 0 Å². The van der Waals surface area contributed by atoms with E-state index in [1.165, 1.54) is 36.9 Å². The Morgan fingerprint density at radius 3 is 1.33 bits per heavy atom. The number of likely N-dealkylation sites (tertiary alicyclic amines) is 2. The molecule has 4 aliphatic rings. The number of hydrogen-bond donors (Lipinski definition) is 2. The molecule has 2 aliphatic heterocycles. The van der Waals surface area contributed by atoms with E-state index in [0.717, 1.165) is 105 Å². The lowest BCUT2D eigenvalue weighted by atomic mass is 10.0. The van der Waals surface area contributed by atoms with Crippen LogP contribution in [0, 0.1) is 6.92 Å². The number of amides is 2. The average molecular weight is 849 g/mol. The van der Waals surface area contributed by atoms with Gasteiger partial charge in [0.25, 0.3) is 0 Å². The van der Waals surface area contributed by atoms with Gasteiger partial charge >= 0.3 is 18.3 Å². The van der Waals surface area contributed by atoms with Gasteiger partial charge in [0, 0.05) is 13.1 Å². The second kappa shape index (κ2) is 17.6. The molecular weight excluding hydrogens is 799 g/mol. The Balaban J connectivity index is 0.000000185. The van der Waals surface area contributed by atoms with Crippen LogP contribution in [0.1, 0.15) is 101 Å². The third-order valence-corrected chi connectivity index (χ3v) is 12.4. The van der Waals surface area contributed by atoms with Gasteiger partial charge in [0.15, 0.2) is 0 Å². The fourth-order valence-electron chi connectivity index (χ4n) is 8.47. The monoisotopic (exact) mass is 848 g/mol. The molecule has 0 spiro atoms. The number of hydrogen-bond acceptors (Lipinski definition) is 6. The highest BCUT2D eigenvalue weighted by molar-refractivity contribution is 5.89. The van der Waals surface area contributed by atoms with Gasteiger partial charge in [-0.05, 0) is 130 Å². The molecule has 2 N–H and O–H groups in total. The van der Waals surface area contributed by atoms with Crippen molar-refractivity contribution in [3.63, 3.8) is 0 Å². The molecule has 2 atom stereocenters. The van der Waals surface area contributed by atoms with Crippen molar-refractivity contribution in [1.29, 1.82) is 0 Å². The number of esters is 1. The molecular formula is C47H50F6N4O4. The molecule has 2 heterocycles. The van der Waals surface area contributed by atoms with Crippen LogP contribution in [0.2, 0.25) is 0 Å². The van der Waals surface area contributed by atoms with Crippen molar-refractivity contribution >= 4 is 17.8 Å². The minimum absolute atomic E-state index is 0.0208. The Labute approximate surface area is 351 Å². The average Bonchev–Trinajstić information content (AvgIpc) is 4.09. The van der Waals surface area contributed by atoms with Crippen LogP contribution in [0.5, 0.6) is 0 Å². The summed E-state index contributed by atoms with van der Waals surface area (Å²) >= 11 is 0. The number of ether oxygens (including phenoxy) is 1. The SMILES string of the molecule is COC(=O)c1ccc(C2(NC(=O)[C@H]3CCCN3Cc3ccc(C(F)(F)F)cc3)CC2)cc1.Cc1ccc(C2(NC(=O)[C@H]3CCCN3Cc3ccc(C(F)(F)F)cc3)CC2)cc1. The van der Waals surface area contributed by atoms with Gasteiger partial charge in [-0.1, -0.05) is 66.2 Å². The van der Waals surface area contributed by atoms with Crippen molar-refractivity contribution < 1.29 is 45.5 Å². The van der Waals surface area contributed by atoms with E-state index in [9.17, 15) is 40.7 Å². The molecule has 0 unspecified atom stereocenters. The number of methoxy groups -OCH3 is 1. The number of benzene rings is 4. The zero-order valence-electron chi connectivity index (χ0n) is 34.2. The van der Waals surface area contributed by atoms with Crippen molar-refractivity contribution in [3.05, 3.63) is 142 Å². The number of aryl methyl sites for hydroxylation is 1. The molecule has 8 nitrogen and oxygen atoms in total. The largest absolute Gasteiger partial charge is 0.465 e. The lowest BCUT2D eigenvalue weighted by Gasteiger charge is -2.27. The fourth-order valence-corrected chi connectivity index (χ4v) is 8.47.